The van der Waals surface area contributed by atoms with Crippen molar-refractivity contribution < 1.29 is 0 Å². The van der Waals surface area contributed by atoms with Crippen LogP contribution in [0.15, 0.2) is 78.1 Å². The highest BCUT2D eigenvalue weighted by atomic mass is 16.1. The van der Waals surface area contributed by atoms with Crippen LogP contribution in [0, 0.1) is 0 Å². The summed E-state index contributed by atoms with van der Waals surface area (Å²) in [6.45, 7) is 13.5. The Morgan fingerprint density at radius 3 is 2.48 bits per heavy atom. The first kappa shape index (κ1) is 20.3. The molecule has 0 fully saturated rings. The number of fused-ring (bicyclic) bond motifs is 1. The Morgan fingerprint density at radius 1 is 1.22 bits per heavy atom. The largest absolute Gasteiger partial charge is 0.355 e. The van der Waals surface area contributed by atoms with Gasteiger partial charge in [-0.05, 0) is 57.0 Å². The molecule has 1 heterocycles. The fraction of sp³-hybridized carbons (Fsp3) is 0.261. The average molecular weight is 364 g/mol. The van der Waals surface area contributed by atoms with E-state index in [2.05, 4.69) is 30.4 Å². The molecule has 2 N–H and O–H groups in total. The molecule has 27 heavy (non-hydrogen) atoms. The first-order valence-corrected chi connectivity index (χ1v) is 9.27. The number of aromatic nitrogens is 2. The molecule has 0 saturated carbocycles. The third-order valence-corrected chi connectivity index (χ3v) is 4.15. The lowest BCUT2D eigenvalue weighted by Crippen LogP contribution is -2.20. The standard InChI is InChI=1S/C19H21N3O.C4H8/c1-13(2)11-14(3)22-18-10-9-16(12-17(18)21-19(22)23)20-15-7-5-4-6-8-15;1-3-4-2/h4-10,12,14,20H,1,11H2,2-3H3,(H,21,23);3H,1,4H2,2H3. The van der Waals surface area contributed by atoms with Crippen molar-refractivity contribution in [2.75, 3.05) is 5.32 Å². The molecule has 4 heteroatoms. The van der Waals surface area contributed by atoms with Crippen molar-refractivity contribution in [2.45, 2.75) is 39.7 Å². The number of aromatic amines is 1. The predicted molar refractivity (Wildman–Crippen MR) is 117 cm³/mol. The number of rotatable bonds is 6. The molecule has 1 atom stereocenters. The number of H-pyrrole nitrogens is 1. The van der Waals surface area contributed by atoms with Crippen molar-refractivity contribution in [3.63, 3.8) is 0 Å². The highest BCUT2D eigenvalue weighted by Gasteiger charge is 2.13. The number of nitrogens with zero attached hydrogens (tertiary/aromatic N) is 1. The van der Waals surface area contributed by atoms with E-state index < -0.39 is 0 Å². The summed E-state index contributed by atoms with van der Waals surface area (Å²) >= 11 is 0. The van der Waals surface area contributed by atoms with Crippen LogP contribution in [-0.4, -0.2) is 9.55 Å². The molecule has 0 saturated heterocycles. The molecule has 0 radical (unpaired) electrons. The molecular formula is C23H29N3O. The summed E-state index contributed by atoms with van der Waals surface area (Å²) in [5.74, 6) is 0. The first-order valence-electron chi connectivity index (χ1n) is 9.27. The molecule has 0 aliphatic rings. The van der Waals surface area contributed by atoms with E-state index in [1.807, 2.05) is 68.5 Å². The van der Waals surface area contributed by atoms with E-state index in [4.69, 9.17) is 0 Å². The molecule has 1 unspecified atom stereocenters. The number of nitrogens with one attached hydrogen (secondary N) is 2. The number of hydrogen-bond acceptors (Lipinski definition) is 2. The van der Waals surface area contributed by atoms with Gasteiger partial charge in [0.15, 0.2) is 0 Å². The van der Waals surface area contributed by atoms with Gasteiger partial charge in [-0.2, -0.15) is 0 Å². The van der Waals surface area contributed by atoms with Crippen LogP contribution in [0.25, 0.3) is 11.0 Å². The van der Waals surface area contributed by atoms with Gasteiger partial charge < -0.3 is 10.3 Å². The second-order valence-corrected chi connectivity index (χ2v) is 6.73. The molecule has 142 valence electrons. The van der Waals surface area contributed by atoms with Crippen LogP contribution in [0.1, 0.15) is 39.7 Å². The second kappa shape index (κ2) is 9.62. The van der Waals surface area contributed by atoms with Gasteiger partial charge in [-0.25, -0.2) is 4.79 Å². The Labute approximate surface area is 161 Å². The van der Waals surface area contributed by atoms with Crippen molar-refractivity contribution in [3.8, 4) is 0 Å². The van der Waals surface area contributed by atoms with E-state index in [9.17, 15) is 4.79 Å². The van der Waals surface area contributed by atoms with Crippen molar-refractivity contribution >= 4 is 22.4 Å². The number of para-hydroxylation sites is 1. The van der Waals surface area contributed by atoms with Crippen LogP contribution in [0.4, 0.5) is 11.4 Å². The van der Waals surface area contributed by atoms with Crippen LogP contribution >= 0.6 is 0 Å². The van der Waals surface area contributed by atoms with Gasteiger partial charge in [0.2, 0.25) is 0 Å². The minimum atomic E-state index is -0.0781. The zero-order chi connectivity index (χ0) is 19.8. The minimum absolute atomic E-state index is 0.0781. The topological polar surface area (TPSA) is 49.8 Å². The summed E-state index contributed by atoms with van der Waals surface area (Å²) in [7, 11) is 0. The van der Waals surface area contributed by atoms with Gasteiger partial charge in [0.1, 0.15) is 0 Å². The highest BCUT2D eigenvalue weighted by Crippen LogP contribution is 2.24. The second-order valence-electron chi connectivity index (χ2n) is 6.73. The van der Waals surface area contributed by atoms with Crippen LogP contribution in [0.5, 0.6) is 0 Å². The lowest BCUT2D eigenvalue weighted by Gasteiger charge is -2.13. The van der Waals surface area contributed by atoms with Crippen LogP contribution < -0.4 is 11.0 Å². The Morgan fingerprint density at radius 2 is 1.89 bits per heavy atom. The van der Waals surface area contributed by atoms with Crippen LogP contribution in [-0.2, 0) is 0 Å². The van der Waals surface area contributed by atoms with E-state index >= 15 is 0 Å². The van der Waals surface area contributed by atoms with Crippen molar-refractivity contribution in [1.82, 2.24) is 9.55 Å². The molecule has 3 rings (SSSR count). The average Bonchev–Trinajstić information content (AvgIpc) is 2.97. The number of benzene rings is 2. The quantitative estimate of drug-likeness (QED) is 0.514. The molecule has 4 nitrogen and oxygen atoms in total. The zero-order valence-electron chi connectivity index (χ0n) is 16.5. The number of anilines is 2. The van der Waals surface area contributed by atoms with E-state index in [0.717, 1.165) is 40.8 Å². The number of hydrogen-bond donors (Lipinski definition) is 2. The van der Waals surface area contributed by atoms with Gasteiger partial charge in [0.25, 0.3) is 0 Å². The summed E-state index contributed by atoms with van der Waals surface area (Å²) in [6, 6.07) is 16.0. The molecule has 0 spiro atoms. The van der Waals surface area contributed by atoms with Gasteiger partial charge in [-0.15, -0.1) is 13.2 Å². The maximum atomic E-state index is 12.3. The summed E-state index contributed by atoms with van der Waals surface area (Å²) in [5, 5.41) is 3.34. The van der Waals surface area contributed by atoms with Crippen LogP contribution in [0.2, 0.25) is 0 Å². The van der Waals surface area contributed by atoms with E-state index in [-0.39, 0.29) is 11.7 Å². The SMILES string of the molecule is C=C(C)CC(C)n1c(=O)[nH]c2cc(Nc3ccccc3)ccc21.C=CCC. The number of allylic oxidation sites excluding steroid dienone is 2. The molecule has 3 aromatic rings. The first-order chi connectivity index (χ1) is 13.0. The summed E-state index contributed by atoms with van der Waals surface area (Å²) < 4.78 is 1.80. The van der Waals surface area contributed by atoms with Gasteiger partial charge in [-0.3, -0.25) is 4.57 Å². The van der Waals surface area contributed by atoms with Gasteiger partial charge >= 0.3 is 5.69 Å². The lowest BCUT2D eigenvalue weighted by atomic mass is 10.1. The van der Waals surface area contributed by atoms with Gasteiger partial charge in [0, 0.05) is 17.4 Å². The lowest BCUT2D eigenvalue weighted by molar-refractivity contribution is 0.542. The fourth-order valence-corrected chi connectivity index (χ4v) is 2.93. The minimum Gasteiger partial charge on any atom is -0.355 e. The van der Waals surface area contributed by atoms with Crippen molar-refractivity contribution in [1.29, 1.82) is 0 Å². The third-order valence-electron chi connectivity index (χ3n) is 4.15. The molecule has 0 aliphatic carbocycles. The monoisotopic (exact) mass is 363 g/mol. The van der Waals surface area contributed by atoms with Gasteiger partial charge in [-0.1, -0.05) is 36.8 Å². The molecule has 0 bridgehead atoms. The maximum Gasteiger partial charge on any atom is 0.326 e. The summed E-state index contributed by atoms with van der Waals surface area (Å²) in [4.78, 5) is 15.2. The Bertz CT molecular complexity index is 951. The third kappa shape index (κ3) is 5.48. The maximum absolute atomic E-state index is 12.3. The van der Waals surface area contributed by atoms with E-state index in [1.165, 1.54) is 0 Å². The Kier molecular flexibility index (Phi) is 7.24. The fourth-order valence-electron chi connectivity index (χ4n) is 2.93. The summed E-state index contributed by atoms with van der Waals surface area (Å²) in [6.07, 6.45) is 3.75. The molecule has 1 aromatic heterocycles. The molecule has 2 aromatic carbocycles. The summed E-state index contributed by atoms with van der Waals surface area (Å²) in [5.41, 5.74) is 4.72. The normalized spacial score (nSPS) is 11.4. The molecule has 0 aliphatic heterocycles. The Hall–Kier alpha value is -3.01. The van der Waals surface area contributed by atoms with Crippen LogP contribution in [0.3, 0.4) is 0 Å². The zero-order valence-corrected chi connectivity index (χ0v) is 16.5. The van der Waals surface area contributed by atoms with Gasteiger partial charge in [0.05, 0.1) is 11.0 Å². The molecular weight excluding hydrogens is 334 g/mol. The van der Waals surface area contributed by atoms with E-state index in [1.54, 1.807) is 4.57 Å². The van der Waals surface area contributed by atoms with Crippen molar-refractivity contribution in [3.05, 3.63) is 83.8 Å². The smallest absolute Gasteiger partial charge is 0.326 e. The Balaban J connectivity index is 0.000000596. The highest BCUT2D eigenvalue weighted by molar-refractivity contribution is 5.81. The van der Waals surface area contributed by atoms with E-state index in [0.29, 0.717) is 0 Å². The number of imidazole rings is 1. The predicted octanol–water partition coefficient (Wildman–Crippen LogP) is 6.18. The van der Waals surface area contributed by atoms with Crippen molar-refractivity contribution in [2.24, 2.45) is 0 Å². The molecule has 0 amide bonds.